The summed E-state index contributed by atoms with van der Waals surface area (Å²) in [5.41, 5.74) is 2.70. The van der Waals surface area contributed by atoms with Crippen molar-refractivity contribution in [3.63, 3.8) is 0 Å². The molecule has 1 saturated heterocycles. The van der Waals surface area contributed by atoms with E-state index in [9.17, 15) is 0 Å². The van der Waals surface area contributed by atoms with E-state index in [4.69, 9.17) is 4.74 Å². The molecule has 0 amide bonds. The summed E-state index contributed by atoms with van der Waals surface area (Å²) in [4.78, 5) is 6.76. The predicted molar refractivity (Wildman–Crippen MR) is 114 cm³/mol. The maximum absolute atomic E-state index is 5.56. The number of hydrogen-bond donors (Lipinski definition) is 2. The van der Waals surface area contributed by atoms with Crippen LogP contribution in [0, 0.1) is 5.92 Å². The third kappa shape index (κ3) is 6.02. The largest absolute Gasteiger partial charge is 0.493 e. The SMILES string of the molecule is CN=C(NCCc1ccc2c(c1)CCO2)NCC1CCCN(C)C1.I. The van der Waals surface area contributed by atoms with Crippen LogP contribution in [0.3, 0.4) is 0 Å². The molecule has 2 aliphatic rings. The number of likely N-dealkylation sites (tertiary alicyclic amines) is 1. The van der Waals surface area contributed by atoms with Crippen molar-refractivity contribution in [2.45, 2.75) is 25.7 Å². The number of fused-ring (bicyclic) bond motifs is 1. The van der Waals surface area contributed by atoms with E-state index in [1.54, 1.807) is 0 Å². The van der Waals surface area contributed by atoms with E-state index in [0.29, 0.717) is 0 Å². The van der Waals surface area contributed by atoms with Gasteiger partial charge >= 0.3 is 0 Å². The van der Waals surface area contributed by atoms with Crippen molar-refractivity contribution in [3.05, 3.63) is 29.3 Å². The first-order valence-electron chi connectivity index (χ1n) is 9.12. The molecule has 6 heteroatoms. The maximum atomic E-state index is 5.56. The molecule has 1 unspecified atom stereocenters. The van der Waals surface area contributed by atoms with Gasteiger partial charge in [-0.05, 0) is 56.0 Å². The Kier molecular flexibility index (Phi) is 8.29. The van der Waals surface area contributed by atoms with Crippen LogP contribution in [0.1, 0.15) is 24.0 Å². The molecule has 1 aromatic rings. The molecule has 3 rings (SSSR count). The normalized spacial score (nSPS) is 20.4. The van der Waals surface area contributed by atoms with Gasteiger partial charge in [-0.3, -0.25) is 4.99 Å². The van der Waals surface area contributed by atoms with E-state index < -0.39 is 0 Å². The summed E-state index contributed by atoms with van der Waals surface area (Å²) in [6.07, 6.45) is 4.65. The van der Waals surface area contributed by atoms with Gasteiger partial charge in [0.1, 0.15) is 5.75 Å². The fraction of sp³-hybridized carbons (Fsp3) is 0.632. The molecule has 2 aliphatic heterocycles. The van der Waals surface area contributed by atoms with E-state index in [1.807, 2.05) is 7.05 Å². The van der Waals surface area contributed by atoms with Gasteiger partial charge in [0.2, 0.25) is 0 Å². The molecular weight excluding hydrogens is 427 g/mol. The fourth-order valence-electron chi connectivity index (χ4n) is 3.62. The molecule has 0 aliphatic carbocycles. The van der Waals surface area contributed by atoms with Crippen molar-refractivity contribution in [2.75, 3.05) is 46.9 Å². The number of halogens is 1. The molecule has 0 spiro atoms. The zero-order valence-corrected chi connectivity index (χ0v) is 17.7. The van der Waals surface area contributed by atoms with Gasteiger partial charge in [-0.15, -0.1) is 24.0 Å². The first-order chi connectivity index (χ1) is 11.7. The van der Waals surface area contributed by atoms with E-state index in [0.717, 1.165) is 50.2 Å². The Bertz CT molecular complexity index is 579. The van der Waals surface area contributed by atoms with Gasteiger partial charge in [0.25, 0.3) is 0 Å². The van der Waals surface area contributed by atoms with Crippen LogP contribution in [0.5, 0.6) is 5.75 Å². The fourth-order valence-corrected chi connectivity index (χ4v) is 3.62. The number of guanidine groups is 1. The number of benzene rings is 1. The summed E-state index contributed by atoms with van der Waals surface area (Å²) >= 11 is 0. The van der Waals surface area contributed by atoms with E-state index >= 15 is 0 Å². The second-order valence-corrected chi connectivity index (χ2v) is 6.94. The number of ether oxygens (including phenoxy) is 1. The van der Waals surface area contributed by atoms with Gasteiger partial charge in [-0.1, -0.05) is 12.1 Å². The third-order valence-electron chi connectivity index (χ3n) is 4.96. The van der Waals surface area contributed by atoms with Crippen molar-refractivity contribution in [1.29, 1.82) is 0 Å². The van der Waals surface area contributed by atoms with Crippen LogP contribution in [0.15, 0.2) is 23.2 Å². The van der Waals surface area contributed by atoms with E-state index in [2.05, 4.69) is 45.8 Å². The van der Waals surface area contributed by atoms with Gasteiger partial charge < -0.3 is 20.3 Å². The summed E-state index contributed by atoms with van der Waals surface area (Å²) in [5.74, 6) is 2.69. The second kappa shape index (κ2) is 10.2. The number of piperidine rings is 1. The number of hydrogen-bond acceptors (Lipinski definition) is 3. The van der Waals surface area contributed by atoms with Gasteiger partial charge in [0, 0.05) is 33.1 Å². The molecule has 140 valence electrons. The predicted octanol–water partition coefficient (Wildman–Crippen LogP) is 2.29. The van der Waals surface area contributed by atoms with Crippen molar-refractivity contribution < 1.29 is 4.74 Å². The van der Waals surface area contributed by atoms with Crippen LogP contribution in [-0.4, -0.2) is 57.7 Å². The Balaban J connectivity index is 0.00000225. The zero-order valence-electron chi connectivity index (χ0n) is 15.4. The molecular formula is C19H31IN4O. The average Bonchev–Trinajstić information content (AvgIpc) is 3.05. The highest BCUT2D eigenvalue weighted by Crippen LogP contribution is 2.25. The minimum atomic E-state index is 0. The summed E-state index contributed by atoms with van der Waals surface area (Å²) in [5, 5.41) is 6.91. The minimum absolute atomic E-state index is 0. The standard InChI is InChI=1S/C19H30N4O.HI/c1-20-19(22-13-16-4-3-10-23(2)14-16)21-9-7-15-5-6-18-17(12-15)8-11-24-18;/h5-6,12,16H,3-4,7-11,13-14H2,1-2H3,(H2,20,21,22);1H. The summed E-state index contributed by atoms with van der Waals surface area (Å²) < 4.78 is 5.56. The van der Waals surface area contributed by atoms with Crippen molar-refractivity contribution >= 4 is 29.9 Å². The lowest BCUT2D eigenvalue weighted by Crippen LogP contribution is -2.44. The highest BCUT2D eigenvalue weighted by atomic mass is 127. The van der Waals surface area contributed by atoms with Crippen LogP contribution in [0.4, 0.5) is 0 Å². The molecule has 2 heterocycles. The smallest absolute Gasteiger partial charge is 0.190 e. The quantitative estimate of drug-likeness (QED) is 0.404. The molecule has 2 N–H and O–H groups in total. The first-order valence-corrected chi connectivity index (χ1v) is 9.12. The van der Waals surface area contributed by atoms with Crippen LogP contribution in [-0.2, 0) is 12.8 Å². The lowest BCUT2D eigenvalue weighted by molar-refractivity contribution is 0.210. The topological polar surface area (TPSA) is 48.9 Å². The van der Waals surface area contributed by atoms with E-state index in [1.165, 1.54) is 37.1 Å². The first kappa shape index (κ1) is 20.3. The molecule has 0 saturated carbocycles. The summed E-state index contributed by atoms with van der Waals surface area (Å²) in [7, 11) is 4.05. The summed E-state index contributed by atoms with van der Waals surface area (Å²) in [6, 6.07) is 6.54. The van der Waals surface area contributed by atoms with Gasteiger partial charge in [0.05, 0.1) is 6.61 Å². The molecule has 0 aromatic heterocycles. The molecule has 25 heavy (non-hydrogen) atoms. The zero-order chi connectivity index (χ0) is 16.8. The van der Waals surface area contributed by atoms with Gasteiger partial charge in [0.15, 0.2) is 5.96 Å². The number of aliphatic imine (C=N–C) groups is 1. The maximum Gasteiger partial charge on any atom is 0.190 e. The summed E-state index contributed by atoms with van der Waals surface area (Å²) in [6.45, 7) is 5.13. The Hall–Kier alpha value is -1.02. The van der Waals surface area contributed by atoms with Crippen LogP contribution in [0.2, 0.25) is 0 Å². The molecule has 1 fully saturated rings. The number of nitrogens with zero attached hydrogens (tertiary/aromatic N) is 2. The molecule has 1 aromatic carbocycles. The van der Waals surface area contributed by atoms with Gasteiger partial charge in [-0.25, -0.2) is 0 Å². The average molecular weight is 458 g/mol. The Morgan fingerprint density at radius 1 is 1.36 bits per heavy atom. The van der Waals surface area contributed by atoms with Crippen LogP contribution >= 0.6 is 24.0 Å². The Morgan fingerprint density at radius 2 is 2.24 bits per heavy atom. The third-order valence-corrected chi connectivity index (χ3v) is 4.96. The van der Waals surface area contributed by atoms with Crippen molar-refractivity contribution in [1.82, 2.24) is 15.5 Å². The van der Waals surface area contributed by atoms with Crippen molar-refractivity contribution in [2.24, 2.45) is 10.9 Å². The second-order valence-electron chi connectivity index (χ2n) is 6.94. The van der Waals surface area contributed by atoms with Crippen LogP contribution < -0.4 is 15.4 Å². The van der Waals surface area contributed by atoms with Crippen molar-refractivity contribution in [3.8, 4) is 5.75 Å². The van der Waals surface area contributed by atoms with E-state index in [-0.39, 0.29) is 24.0 Å². The van der Waals surface area contributed by atoms with Gasteiger partial charge in [-0.2, -0.15) is 0 Å². The molecule has 0 radical (unpaired) electrons. The Labute approximate surface area is 168 Å². The lowest BCUT2D eigenvalue weighted by Gasteiger charge is -2.30. The minimum Gasteiger partial charge on any atom is -0.493 e. The monoisotopic (exact) mass is 458 g/mol. The Morgan fingerprint density at radius 3 is 3.04 bits per heavy atom. The number of rotatable bonds is 5. The highest BCUT2D eigenvalue weighted by Gasteiger charge is 2.17. The molecule has 1 atom stereocenters. The molecule has 0 bridgehead atoms. The molecule has 5 nitrogen and oxygen atoms in total. The lowest BCUT2D eigenvalue weighted by atomic mass is 9.99. The highest BCUT2D eigenvalue weighted by molar-refractivity contribution is 14.0. The number of nitrogens with one attached hydrogen (secondary N) is 2. The van der Waals surface area contributed by atoms with Crippen LogP contribution in [0.25, 0.3) is 0 Å².